The maximum Gasteiger partial charge on any atom is 0.191 e. The van der Waals surface area contributed by atoms with Crippen LogP contribution in [0.15, 0.2) is 47.6 Å². The first-order valence-electron chi connectivity index (χ1n) is 8.11. The Hall–Kier alpha value is -2.74. The van der Waals surface area contributed by atoms with Gasteiger partial charge in [0.1, 0.15) is 5.75 Å². The zero-order valence-corrected chi connectivity index (χ0v) is 15.8. The standard InChI is InChI=1S/C19H17F2N3O2S/c1-11(17(25)12-8-9-14(20)15(21)10-12)27-19-23-22-18(24(19)2)13-6-4-5-7-16(13)26-3/h4-11H,1-3H3/t11-/m0/s1. The number of benzene rings is 2. The van der Waals surface area contributed by atoms with Crippen molar-refractivity contribution in [2.24, 2.45) is 7.05 Å². The molecular formula is C19H17F2N3O2S. The summed E-state index contributed by atoms with van der Waals surface area (Å²) in [5, 5.41) is 8.32. The predicted molar refractivity (Wildman–Crippen MR) is 99.0 cm³/mol. The van der Waals surface area contributed by atoms with Crippen LogP contribution in [0.1, 0.15) is 17.3 Å². The van der Waals surface area contributed by atoms with Gasteiger partial charge in [-0.3, -0.25) is 4.79 Å². The normalized spacial score (nSPS) is 12.0. The van der Waals surface area contributed by atoms with Crippen LogP contribution in [0.5, 0.6) is 5.75 Å². The van der Waals surface area contributed by atoms with Gasteiger partial charge in [0, 0.05) is 12.6 Å². The van der Waals surface area contributed by atoms with Crippen molar-refractivity contribution in [3.05, 3.63) is 59.7 Å². The van der Waals surface area contributed by atoms with Crippen molar-refractivity contribution < 1.29 is 18.3 Å². The molecule has 0 N–H and O–H groups in total. The van der Waals surface area contributed by atoms with Crippen LogP contribution in [0, 0.1) is 11.6 Å². The Bertz CT molecular complexity index is 991. The highest BCUT2D eigenvalue weighted by molar-refractivity contribution is 8.00. The number of halogens is 2. The van der Waals surface area contributed by atoms with Gasteiger partial charge in [-0.2, -0.15) is 0 Å². The Morgan fingerprint density at radius 2 is 1.89 bits per heavy atom. The largest absolute Gasteiger partial charge is 0.496 e. The van der Waals surface area contributed by atoms with Crippen molar-refractivity contribution in [2.75, 3.05) is 7.11 Å². The lowest BCUT2D eigenvalue weighted by molar-refractivity contribution is 0.0993. The van der Waals surface area contributed by atoms with Crippen LogP contribution >= 0.6 is 11.8 Å². The molecule has 1 heterocycles. The third kappa shape index (κ3) is 3.85. The topological polar surface area (TPSA) is 57.0 Å². The van der Waals surface area contributed by atoms with Gasteiger partial charge in [-0.05, 0) is 37.3 Å². The Morgan fingerprint density at radius 3 is 2.59 bits per heavy atom. The molecule has 3 rings (SSSR count). The summed E-state index contributed by atoms with van der Waals surface area (Å²) in [5.41, 5.74) is 0.891. The molecule has 8 heteroatoms. The number of hydrogen-bond donors (Lipinski definition) is 0. The van der Waals surface area contributed by atoms with Gasteiger partial charge in [-0.15, -0.1) is 10.2 Å². The van der Waals surface area contributed by atoms with Gasteiger partial charge in [0.25, 0.3) is 0 Å². The second-order valence-electron chi connectivity index (χ2n) is 5.82. The number of Topliss-reactive ketones (excluding diaryl/α,β-unsaturated/α-hetero) is 1. The molecule has 0 spiro atoms. The maximum atomic E-state index is 13.4. The highest BCUT2D eigenvalue weighted by Gasteiger charge is 2.22. The Balaban J connectivity index is 1.83. The number of rotatable bonds is 6. The molecule has 1 aromatic heterocycles. The molecule has 0 bridgehead atoms. The zero-order chi connectivity index (χ0) is 19.6. The average Bonchev–Trinajstić information content (AvgIpc) is 3.03. The monoisotopic (exact) mass is 389 g/mol. The van der Waals surface area contributed by atoms with Gasteiger partial charge in [-0.25, -0.2) is 8.78 Å². The van der Waals surface area contributed by atoms with Crippen molar-refractivity contribution >= 4 is 17.5 Å². The number of carbonyl (C=O) groups is 1. The number of para-hydroxylation sites is 1. The quantitative estimate of drug-likeness (QED) is 0.469. The zero-order valence-electron chi connectivity index (χ0n) is 14.9. The van der Waals surface area contributed by atoms with E-state index in [9.17, 15) is 13.6 Å². The minimum Gasteiger partial charge on any atom is -0.496 e. The summed E-state index contributed by atoms with van der Waals surface area (Å²) in [6.07, 6.45) is 0. The van der Waals surface area contributed by atoms with Crippen LogP contribution in [0.2, 0.25) is 0 Å². The fraction of sp³-hybridized carbons (Fsp3) is 0.211. The minimum absolute atomic E-state index is 0.112. The van der Waals surface area contributed by atoms with E-state index in [4.69, 9.17) is 4.74 Å². The fourth-order valence-corrected chi connectivity index (χ4v) is 3.47. The molecular weight excluding hydrogens is 372 g/mol. The van der Waals surface area contributed by atoms with Gasteiger partial charge in [0.05, 0.1) is 17.9 Å². The summed E-state index contributed by atoms with van der Waals surface area (Å²) in [6.45, 7) is 1.69. The summed E-state index contributed by atoms with van der Waals surface area (Å²) in [5.74, 6) is -1.09. The molecule has 0 aliphatic carbocycles. The van der Waals surface area contributed by atoms with Crippen LogP contribution in [-0.4, -0.2) is 32.9 Å². The van der Waals surface area contributed by atoms with E-state index in [1.165, 1.54) is 17.8 Å². The van der Waals surface area contributed by atoms with Gasteiger partial charge in [0.15, 0.2) is 28.4 Å². The van der Waals surface area contributed by atoms with Crippen LogP contribution in [-0.2, 0) is 7.05 Å². The van der Waals surface area contributed by atoms with E-state index in [2.05, 4.69) is 10.2 Å². The highest BCUT2D eigenvalue weighted by Crippen LogP contribution is 2.31. The number of thioether (sulfide) groups is 1. The predicted octanol–water partition coefficient (Wildman–Crippen LogP) is 4.13. The van der Waals surface area contributed by atoms with Crippen molar-refractivity contribution in [3.63, 3.8) is 0 Å². The molecule has 0 aliphatic rings. The molecule has 27 heavy (non-hydrogen) atoms. The lowest BCUT2D eigenvalue weighted by Gasteiger charge is -2.11. The van der Waals surface area contributed by atoms with Crippen LogP contribution in [0.3, 0.4) is 0 Å². The van der Waals surface area contributed by atoms with Crippen LogP contribution in [0.25, 0.3) is 11.4 Å². The van der Waals surface area contributed by atoms with Crippen LogP contribution in [0.4, 0.5) is 8.78 Å². The third-order valence-corrected chi connectivity index (χ3v) is 5.17. The Morgan fingerprint density at radius 1 is 1.15 bits per heavy atom. The minimum atomic E-state index is -1.05. The van der Waals surface area contributed by atoms with E-state index < -0.39 is 16.9 Å². The number of ketones is 1. The molecule has 0 radical (unpaired) electrons. The van der Waals surface area contributed by atoms with Gasteiger partial charge < -0.3 is 9.30 Å². The summed E-state index contributed by atoms with van der Waals surface area (Å²) < 4.78 is 33.6. The number of ether oxygens (including phenoxy) is 1. The van der Waals surface area contributed by atoms with E-state index in [1.807, 2.05) is 24.3 Å². The van der Waals surface area contributed by atoms with E-state index in [1.54, 1.807) is 25.6 Å². The van der Waals surface area contributed by atoms with E-state index >= 15 is 0 Å². The average molecular weight is 389 g/mol. The summed E-state index contributed by atoms with van der Waals surface area (Å²) in [6, 6.07) is 10.5. The molecule has 0 saturated heterocycles. The lowest BCUT2D eigenvalue weighted by Crippen LogP contribution is -2.15. The molecule has 0 amide bonds. The number of carbonyl (C=O) groups excluding carboxylic acids is 1. The van der Waals surface area contributed by atoms with Gasteiger partial charge in [0.2, 0.25) is 0 Å². The first-order chi connectivity index (χ1) is 12.9. The van der Waals surface area contributed by atoms with Crippen molar-refractivity contribution in [1.82, 2.24) is 14.8 Å². The van der Waals surface area contributed by atoms with Crippen molar-refractivity contribution in [2.45, 2.75) is 17.3 Å². The number of methoxy groups -OCH3 is 1. The number of hydrogen-bond acceptors (Lipinski definition) is 5. The fourth-order valence-electron chi connectivity index (χ4n) is 2.58. The van der Waals surface area contributed by atoms with Crippen LogP contribution < -0.4 is 4.74 Å². The first kappa shape index (κ1) is 19.0. The molecule has 2 aromatic carbocycles. The number of aromatic nitrogens is 3. The summed E-state index contributed by atoms with van der Waals surface area (Å²) in [7, 11) is 3.37. The smallest absolute Gasteiger partial charge is 0.191 e. The SMILES string of the molecule is COc1ccccc1-c1nnc(S[C@@H](C)C(=O)c2ccc(F)c(F)c2)n1C. The Kier molecular flexibility index (Phi) is 5.55. The lowest BCUT2D eigenvalue weighted by atomic mass is 10.1. The summed E-state index contributed by atoms with van der Waals surface area (Å²) in [4.78, 5) is 12.5. The van der Waals surface area contributed by atoms with Gasteiger partial charge in [-0.1, -0.05) is 23.9 Å². The van der Waals surface area contributed by atoms with E-state index in [-0.39, 0.29) is 11.3 Å². The molecule has 1 atom stereocenters. The number of nitrogens with zero attached hydrogens (tertiary/aromatic N) is 3. The first-order valence-corrected chi connectivity index (χ1v) is 8.99. The van der Waals surface area contributed by atoms with Crippen molar-refractivity contribution in [1.29, 1.82) is 0 Å². The molecule has 0 fully saturated rings. The molecule has 0 aliphatic heterocycles. The molecule has 3 aromatic rings. The second-order valence-corrected chi connectivity index (χ2v) is 7.13. The molecule has 140 valence electrons. The highest BCUT2D eigenvalue weighted by atomic mass is 32.2. The van der Waals surface area contributed by atoms with Gasteiger partial charge >= 0.3 is 0 Å². The summed E-state index contributed by atoms with van der Waals surface area (Å²) >= 11 is 1.19. The third-order valence-electron chi connectivity index (χ3n) is 4.04. The maximum absolute atomic E-state index is 13.4. The molecule has 0 unspecified atom stereocenters. The van der Waals surface area contributed by atoms with Crippen molar-refractivity contribution in [3.8, 4) is 17.1 Å². The van der Waals surface area contributed by atoms with E-state index in [0.717, 1.165) is 17.7 Å². The molecule has 0 saturated carbocycles. The Labute approximate surface area is 159 Å². The van der Waals surface area contributed by atoms with E-state index in [0.29, 0.717) is 16.7 Å². The molecule has 5 nitrogen and oxygen atoms in total. The second kappa shape index (κ2) is 7.87.